The van der Waals surface area contributed by atoms with Gasteiger partial charge in [-0.05, 0) is 48.4 Å². The summed E-state index contributed by atoms with van der Waals surface area (Å²) in [5.74, 6) is 0.805. The molecule has 0 radical (unpaired) electrons. The summed E-state index contributed by atoms with van der Waals surface area (Å²) in [6, 6.07) is 13.1. The van der Waals surface area contributed by atoms with Gasteiger partial charge in [0.1, 0.15) is 11.5 Å². The molecule has 2 aromatic carbocycles. The van der Waals surface area contributed by atoms with Crippen LogP contribution in [0.5, 0.6) is 11.5 Å². The average molecular weight is 361 g/mol. The van der Waals surface area contributed by atoms with Gasteiger partial charge >= 0.3 is 5.97 Å². The van der Waals surface area contributed by atoms with Crippen LogP contribution in [0, 0.1) is 0 Å². The minimum atomic E-state index is -0.425. The van der Waals surface area contributed by atoms with Crippen LogP contribution in [0.15, 0.2) is 53.0 Å². The molecule has 114 valence electrons. The number of hydrogen-bond donors (Lipinski definition) is 0. The van der Waals surface area contributed by atoms with Crippen LogP contribution >= 0.6 is 15.9 Å². The number of rotatable bonds is 5. The Balaban J connectivity index is 2.06. The van der Waals surface area contributed by atoms with Gasteiger partial charge in [-0.1, -0.05) is 35.0 Å². The third-order valence-electron chi connectivity index (χ3n) is 3.14. The van der Waals surface area contributed by atoms with Crippen LogP contribution in [-0.4, -0.2) is 13.1 Å². The fraction of sp³-hybridized carbons (Fsp3) is 0.167. The molecule has 0 aromatic heterocycles. The maximum absolute atomic E-state index is 11.9. The van der Waals surface area contributed by atoms with Crippen molar-refractivity contribution in [3.8, 4) is 11.5 Å². The molecule has 0 fully saturated rings. The maximum Gasteiger partial charge on any atom is 0.336 e. The van der Waals surface area contributed by atoms with E-state index in [1.54, 1.807) is 25.3 Å². The van der Waals surface area contributed by atoms with E-state index in [-0.39, 0.29) is 0 Å². The van der Waals surface area contributed by atoms with E-state index in [2.05, 4.69) is 22.9 Å². The molecule has 0 saturated carbocycles. The SMILES string of the molecule is CCc1ccc(OC(=O)/C=C/c2cc(Br)ccc2OC)cc1. The van der Waals surface area contributed by atoms with Gasteiger partial charge in [0, 0.05) is 16.1 Å². The van der Waals surface area contributed by atoms with E-state index >= 15 is 0 Å². The van der Waals surface area contributed by atoms with E-state index in [0.717, 1.165) is 16.5 Å². The minimum Gasteiger partial charge on any atom is -0.496 e. The first kappa shape index (κ1) is 16.3. The van der Waals surface area contributed by atoms with Gasteiger partial charge in [-0.25, -0.2) is 4.79 Å². The first-order valence-corrected chi connectivity index (χ1v) is 7.74. The predicted molar refractivity (Wildman–Crippen MR) is 91.2 cm³/mol. The summed E-state index contributed by atoms with van der Waals surface area (Å²) >= 11 is 3.39. The maximum atomic E-state index is 11.9. The Kier molecular flexibility index (Phi) is 5.78. The molecule has 0 bridgehead atoms. The smallest absolute Gasteiger partial charge is 0.336 e. The topological polar surface area (TPSA) is 35.5 Å². The number of halogens is 1. The second-order valence-corrected chi connectivity index (χ2v) is 5.55. The van der Waals surface area contributed by atoms with Gasteiger partial charge in [-0.15, -0.1) is 0 Å². The molecular weight excluding hydrogens is 344 g/mol. The lowest BCUT2D eigenvalue weighted by atomic mass is 10.2. The fourth-order valence-corrected chi connectivity index (χ4v) is 2.32. The highest BCUT2D eigenvalue weighted by molar-refractivity contribution is 9.10. The van der Waals surface area contributed by atoms with Crippen LogP contribution in [0.25, 0.3) is 6.08 Å². The molecule has 2 rings (SSSR count). The third-order valence-corrected chi connectivity index (χ3v) is 3.63. The van der Waals surface area contributed by atoms with Crippen LogP contribution in [0.3, 0.4) is 0 Å². The molecule has 3 nitrogen and oxygen atoms in total. The van der Waals surface area contributed by atoms with Crippen molar-refractivity contribution in [3.05, 3.63) is 64.1 Å². The lowest BCUT2D eigenvalue weighted by Crippen LogP contribution is -2.03. The highest BCUT2D eigenvalue weighted by atomic mass is 79.9. The Hall–Kier alpha value is -2.07. The zero-order chi connectivity index (χ0) is 15.9. The van der Waals surface area contributed by atoms with Gasteiger partial charge in [-0.2, -0.15) is 0 Å². The van der Waals surface area contributed by atoms with E-state index in [1.165, 1.54) is 11.6 Å². The zero-order valence-electron chi connectivity index (χ0n) is 12.5. The predicted octanol–water partition coefficient (Wildman–Crippen LogP) is 4.64. The van der Waals surface area contributed by atoms with Crippen molar-refractivity contribution < 1.29 is 14.3 Å². The number of benzene rings is 2. The standard InChI is InChI=1S/C18H17BrO3/c1-3-13-4-8-16(9-5-13)22-18(20)11-6-14-12-15(19)7-10-17(14)21-2/h4-12H,3H2,1-2H3/b11-6+. The van der Waals surface area contributed by atoms with Crippen molar-refractivity contribution in [2.24, 2.45) is 0 Å². The molecule has 0 spiro atoms. The molecule has 0 atom stereocenters. The Morgan fingerprint density at radius 2 is 1.91 bits per heavy atom. The van der Waals surface area contributed by atoms with Crippen LogP contribution < -0.4 is 9.47 Å². The summed E-state index contributed by atoms with van der Waals surface area (Å²) in [5, 5.41) is 0. The van der Waals surface area contributed by atoms with E-state index in [4.69, 9.17) is 9.47 Å². The molecule has 0 aliphatic heterocycles. The zero-order valence-corrected chi connectivity index (χ0v) is 14.1. The van der Waals surface area contributed by atoms with Gasteiger partial charge in [0.05, 0.1) is 7.11 Å². The van der Waals surface area contributed by atoms with E-state index in [9.17, 15) is 4.79 Å². The molecule has 0 aliphatic rings. The lowest BCUT2D eigenvalue weighted by Gasteiger charge is -2.05. The molecule has 4 heteroatoms. The van der Waals surface area contributed by atoms with Crippen molar-refractivity contribution in [1.82, 2.24) is 0 Å². The number of methoxy groups -OCH3 is 1. The summed E-state index contributed by atoms with van der Waals surface area (Å²) in [6.45, 7) is 2.08. The van der Waals surface area contributed by atoms with Crippen LogP contribution in [0.4, 0.5) is 0 Å². The molecule has 2 aromatic rings. The monoisotopic (exact) mass is 360 g/mol. The van der Waals surface area contributed by atoms with Gasteiger partial charge in [-0.3, -0.25) is 0 Å². The van der Waals surface area contributed by atoms with E-state index in [0.29, 0.717) is 11.5 Å². The largest absolute Gasteiger partial charge is 0.496 e. The van der Waals surface area contributed by atoms with Crippen LogP contribution in [0.1, 0.15) is 18.1 Å². The highest BCUT2D eigenvalue weighted by Gasteiger charge is 2.03. The van der Waals surface area contributed by atoms with Crippen molar-refractivity contribution in [2.75, 3.05) is 7.11 Å². The van der Waals surface area contributed by atoms with Gasteiger partial charge in [0.15, 0.2) is 0 Å². The number of aryl methyl sites for hydroxylation is 1. The van der Waals surface area contributed by atoms with Crippen LogP contribution in [0.2, 0.25) is 0 Å². The highest BCUT2D eigenvalue weighted by Crippen LogP contribution is 2.24. The summed E-state index contributed by atoms with van der Waals surface area (Å²) in [7, 11) is 1.59. The summed E-state index contributed by atoms with van der Waals surface area (Å²) in [5.41, 5.74) is 2.00. The molecule has 22 heavy (non-hydrogen) atoms. The van der Waals surface area contributed by atoms with Gasteiger partial charge < -0.3 is 9.47 Å². The number of ether oxygens (including phenoxy) is 2. The Labute approximate surface area is 138 Å². The van der Waals surface area contributed by atoms with Crippen molar-refractivity contribution in [3.63, 3.8) is 0 Å². The number of carbonyl (C=O) groups excluding carboxylic acids is 1. The van der Waals surface area contributed by atoms with Crippen molar-refractivity contribution in [2.45, 2.75) is 13.3 Å². The van der Waals surface area contributed by atoms with E-state index < -0.39 is 5.97 Å². The molecule has 0 amide bonds. The second kappa shape index (κ2) is 7.80. The Morgan fingerprint density at radius 3 is 2.55 bits per heavy atom. The number of hydrogen-bond acceptors (Lipinski definition) is 3. The van der Waals surface area contributed by atoms with Gasteiger partial charge in [0.2, 0.25) is 0 Å². The lowest BCUT2D eigenvalue weighted by molar-refractivity contribution is -0.128. The number of esters is 1. The molecule has 0 saturated heterocycles. The van der Waals surface area contributed by atoms with Crippen LogP contribution in [-0.2, 0) is 11.2 Å². The quantitative estimate of drug-likeness (QED) is 0.442. The number of carbonyl (C=O) groups is 1. The molecule has 0 unspecified atom stereocenters. The fourth-order valence-electron chi connectivity index (χ4n) is 1.94. The molecule has 0 N–H and O–H groups in total. The summed E-state index contributed by atoms with van der Waals surface area (Å²) in [6.07, 6.45) is 4.02. The normalized spacial score (nSPS) is 10.7. The molecular formula is C18H17BrO3. The van der Waals surface area contributed by atoms with Gasteiger partial charge in [0.25, 0.3) is 0 Å². The minimum absolute atomic E-state index is 0.425. The van der Waals surface area contributed by atoms with E-state index in [1.807, 2.05) is 30.3 Å². The first-order valence-electron chi connectivity index (χ1n) is 6.94. The first-order chi connectivity index (χ1) is 10.6. The second-order valence-electron chi connectivity index (χ2n) is 4.64. The molecule has 0 heterocycles. The molecule has 0 aliphatic carbocycles. The van der Waals surface area contributed by atoms with Crippen molar-refractivity contribution in [1.29, 1.82) is 0 Å². The average Bonchev–Trinajstić information content (AvgIpc) is 2.54. The summed E-state index contributed by atoms with van der Waals surface area (Å²) < 4.78 is 11.4. The van der Waals surface area contributed by atoms with Crippen molar-refractivity contribution >= 4 is 28.0 Å². The Bertz CT molecular complexity index is 675. The Morgan fingerprint density at radius 1 is 1.18 bits per heavy atom. The third kappa shape index (κ3) is 4.46. The summed E-state index contributed by atoms with van der Waals surface area (Å²) in [4.78, 5) is 11.9.